The zero-order valence-electron chi connectivity index (χ0n) is 13.5. The van der Waals surface area contributed by atoms with E-state index in [0.717, 1.165) is 18.7 Å². The monoisotopic (exact) mass is 314 g/mol. The second-order valence-corrected chi connectivity index (χ2v) is 7.48. The Labute approximate surface area is 128 Å². The van der Waals surface area contributed by atoms with Crippen LogP contribution in [0.2, 0.25) is 0 Å². The molecular formula is C15H26N2O3S. The second kappa shape index (κ2) is 7.24. The number of nitrogens with one attached hydrogen (secondary N) is 1. The number of aryl methyl sites for hydroxylation is 2. The second-order valence-electron chi connectivity index (χ2n) is 5.50. The number of sulfonamides is 1. The molecule has 0 amide bonds. The lowest BCUT2D eigenvalue weighted by molar-refractivity contribution is 0.171. The molecule has 0 aromatic heterocycles. The van der Waals surface area contributed by atoms with Crippen LogP contribution in [0, 0.1) is 13.8 Å². The van der Waals surface area contributed by atoms with Crippen molar-refractivity contribution in [3.63, 3.8) is 0 Å². The Balaban J connectivity index is 3.18. The average molecular weight is 314 g/mol. The number of nitrogens with zero attached hydrogens (tertiary/aromatic N) is 1. The molecule has 2 N–H and O–H groups in total. The van der Waals surface area contributed by atoms with Gasteiger partial charge in [0.05, 0.1) is 11.0 Å². The molecule has 21 heavy (non-hydrogen) atoms. The first-order valence-electron chi connectivity index (χ1n) is 7.19. The van der Waals surface area contributed by atoms with Crippen LogP contribution in [0.25, 0.3) is 0 Å². The summed E-state index contributed by atoms with van der Waals surface area (Å²) in [5.41, 5.74) is 2.36. The van der Waals surface area contributed by atoms with Gasteiger partial charge in [-0.25, -0.2) is 8.42 Å². The highest BCUT2D eigenvalue weighted by molar-refractivity contribution is 7.89. The molecule has 0 radical (unpaired) electrons. The van der Waals surface area contributed by atoms with Crippen LogP contribution in [0.3, 0.4) is 0 Å². The maximum Gasteiger partial charge on any atom is 0.243 e. The van der Waals surface area contributed by atoms with E-state index < -0.39 is 16.1 Å². The van der Waals surface area contributed by atoms with Gasteiger partial charge in [0.1, 0.15) is 0 Å². The summed E-state index contributed by atoms with van der Waals surface area (Å²) in [4.78, 5) is 0.327. The molecule has 0 aliphatic rings. The predicted molar refractivity (Wildman–Crippen MR) is 86.2 cm³/mol. The zero-order valence-corrected chi connectivity index (χ0v) is 14.3. The molecule has 1 unspecified atom stereocenters. The van der Waals surface area contributed by atoms with Crippen LogP contribution in [0.4, 0.5) is 5.69 Å². The van der Waals surface area contributed by atoms with E-state index in [0.29, 0.717) is 16.0 Å². The van der Waals surface area contributed by atoms with Crippen LogP contribution in [0.1, 0.15) is 31.4 Å². The van der Waals surface area contributed by atoms with Crippen molar-refractivity contribution in [3.8, 4) is 0 Å². The molecule has 120 valence electrons. The van der Waals surface area contributed by atoms with Gasteiger partial charge in [-0.15, -0.1) is 0 Å². The van der Waals surface area contributed by atoms with Gasteiger partial charge in [-0.2, -0.15) is 4.31 Å². The fourth-order valence-electron chi connectivity index (χ4n) is 2.35. The highest BCUT2D eigenvalue weighted by atomic mass is 32.2. The van der Waals surface area contributed by atoms with Gasteiger partial charge in [-0.05, 0) is 50.5 Å². The predicted octanol–water partition coefficient (Wildman–Crippen LogP) is 2.13. The van der Waals surface area contributed by atoms with Crippen LogP contribution >= 0.6 is 0 Å². The van der Waals surface area contributed by atoms with Gasteiger partial charge in [0, 0.05) is 25.8 Å². The van der Waals surface area contributed by atoms with E-state index in [2.05, 4.69) is 12.2 Å². The van der Waals surface area contributed by atoms with Crippen molar-refractivity contribution < 1.29 is 13.5 Å². The number of hydrogen-bond acceptors (Lipinski definition) is 4. The molecule has 0 aliphatic heterocycles. The third-order valence-electron chi connectivity index (χ3n) is 3.23. The molecule has 0 aliphatic carbocycles. The zero-order chi connectivity index (χ0) is 16.2. The molecule has 0 spiro atoms. The van der Waals surface area contributed by atoms with E-state index in [1.54, 1.807) is 20.8 Å². The number of benzene rings is 1. The van der Waals surface area contributed by atoms with Gasteiger partial charge in [0.15, 0.2) is 0 Å². The summed E-state index contributed by atoms with van der Waals surface area (Å²) in [6.45, 7) is 8.18. The molecule has 0 saturated carbocycles. The lowest BCUT2D eigenvalue weighted by atomic mass is 10.1. The maximum absolute atomic E-state index is 12.6. The summed E-state index contributed by atoms with van der Waals surface area (Å²) in [5, 5.41) is 12.7. The van der Waals surface area contributed by atoms with Gasteiger partial charge in [0.2, 0.25) is 10.0 Å². The van der Waals surface area contributed by atoms with Crippen LogP contribution < -0.4 is 5.32 Å². The van der Waals surface area contributed by atoms with Gasteiger partial charge >= 0.3 is 0 Å². The molecule has 0 heterocycles. The molecule has 6 heteroatoms. The first-order chi connectivity index (χ1) is 9.70. The van der Waals surface area contributed by atoms with Gasteiger partial charge in [-0.1, -0.05) is 6.92 Å². The van der Waals surface area contributed by atoms with E-state index >= 15 is 0 Å². The Hall–Kier alpha value is -1.11. The number of aliphatic hydroxyl groups is 1. The molecule has 1 rings (SSSR count). The Morgan fingerprint density at radius 2 is 1.81 bits per heavy atom. The third kappa shape index (κ3) is 4.43. The summed E-state index contributed by atoms with van der Waals surface area (Å²) in [5.74, 6) is 0. The van der Waals surface area contributed by atoms with Gasteiger partial charge in [-0.3, -0.25) is 0 Å². The minimum absolute atomic E-state index is 0.0804. The Morgan fingerprint density at radius 3 is 2.24 bits per heavy atom. The van der Waals surface area contributed by atoms with Crippen LogP contribution in [0.15, 0.2) is 17.0 Å². The molecule has 1 aromatic rings. The molecular weight excluding hydrogens is 288 g/mol. The number of aliphatic hydroxyl groups excluding tert-OH is 1. The Kier molecular flexibility index (Phi) is 6.19. The molecule has 1 aromatic carbocycles. The highest BCUT2D eigenvalue weighted by Gasteiger charge is 2.25. The molecule has 0 bridgehead atoms. The van der Waals surface area contributed by atoms with Crippen molar-refractivity contribution in [1.29, 1.82) is 0 Å². The minimum atomic E-state index is -3.59. The van der Waals surface area contributed by atoms with Crippen molar-refractivity contribution in [2.45, 2.75) is 45.1 Å². The summed E-state index contributed by atoms with van der Waals surface area (Å²) >= 11 is 0. The third-order valence-corrected chi connectivity index (χ3v) is 5.36. The first kappa shape index (κ1) is 17.9. The normalized spacial score (nSPS) is 13.5. The topological polar surface area (TPSA) is 69.6 Å². The maximum atomic E-state index is 12.6. The molecule has 1 atom stereocenters. The van der Waals surface area contributed by atoms with Crippen LogP contribution in [-0.4, -0.2) is 44.1 Å². The van der Waals surface area contributed by atoms with Gasteiger partial charge in [0.25, 0.3) is 0 Å². The van der Waals surface area contributed by atoms with E-state index in [-0.39, 0.29) is 6.54 Å². The highest BCUT2D eigenvalue weighted by Crippen LogP contribution is 2.26. The number of rotatable bonds is 7. The number of likely N-dealkylation sites (N-methyl/N-ethyl adjacent to an activating group) is 1. The van der Waals surface area contributed by atoms with E-state index in [4.69, 9.17) is 0 Å². The van der Waals surface area contributed by atoms with Crippen LogP contribution in [-0.2, 0) is 10.0 Å². The smallest absolute Gasteiger partial charge is 0.243 e. The lowest BCUT2D eigenvalue weighted by Gasteiger charge is -2.22. The van der Waals surface area contributed by atoms with Crippen molar-refractivity contribution in [3.05, 3.63) is 23.3 Å². The SMILES string of the molecule is CCCNc1cc(C)c(S(=O)(=O)N(C)CC(C)O)c(C)c1. The van der Waals surface area contributed by atoms with E-state index in [1.807, 2.05) is 12.1 Å². The average Bonchev–Trinajstić information content (AvgIpc) is 2.34. The molecule has 0 fully saturated rings. The van der Waals surface area contributed by atoms with Gasteiger partial charge < -0.3 is 10.4 Å². The summed E-state index contributed by atoms with van der Waals surface area (Å²) in [6.07, 6.45) is 0.311. The van der Waals surface area contributed by atoms with Crippen molar-refractivity contribution >= 4 is 15.7 Å². The van der Waals surface area contributed by atoms with Crippen molar-refractivity contribution in [1.82, 2.24) is 4.31 Å². The fraction of sp³-hybridized carbons (Fsp3) is 0.600. The number of hydrogen-bond donors (Lipinski definition) is 2. The number of anilines is 1. The summed E-state index contributed by atoms with van der Waals surface area (Å²) in [7, 11) is -2.10. The lowest BCUT2D eigenvalue weighted by Crippen LogP contribution is -2.33. The van der Waals surface area contributed by atoms with Crippen LogP contribution in [0.5, 0.6) is 0 Å². The standard InChI is InChI=1S/C15H26N2O3S/c1-6-7-16-14-8-11(2)15(12(3)9-14)21(19,20)17(5)10-13(4)18/h8-9,13,16,18H,6-7,10H2,1-5H3. The Morgan fingerprint density at radius 1 is 1.29 bits per heavy atom. The molecule has 0 saturated heterocycles. The van der Waals surface area contributed by atoms with Crippen molar-refractivity contribution in [2.75, 3.05) is 25.5 Å². The minimum Gasteiger partial charge on any atom is -0.392 e. The fourth-order valence-corrected chi connectivity index (χ4v) is 4.01. The Bertz CT molecular complexity index is 560. The van der Waals surface area contributed by atoms with Crippen molar-refractivity contribution in [2.24, 2.45) is 0 Å². The summed E-state index contributed by atoms with van der Waals surface area (Å²) < 4.78 is 26.5. The summed E-state index contributed by atoms with van der Waals surface area (Å²) in [6, 6.07) is 3.71. The van der Waals surface area contributed by atoms with E-state index in [1.165, 1.54) is 11.4 Å². The molecule has 5 nitrogen and oxygen atoms in total. The van der Waals surface area contributed by atoms with E-state index in [9.17, 15) is 13.5 Å². The first-order valence-corrected chi connectivity index (χ1v) is 8.63. The largest absolute Gasteiger partial charge is 0.392 e. The quantitative estimate of drug-likeness (QED) is 0.809.